The Morgan fingerprint density at radius 3 is 2.87 bits per heavy atom. The van der Waals surface area contributed by atoms with Gasteiger partial charge in [-0.25, -0.2) is 4.68 Å². The molecule has 1 saturated heterocycles. The third kappa shape index (κ3) is 4.24. The Bertz CT molecular complexity index is 639. The minimum absolute atomic E-state index is 0. The van der Waals surface area contributed by atoms with Crippen molar-refractivity contribution in [3.05, 3.63) is 42.2 Å². The lowest BCUT2D eigenvalue weighted by molar-refractivity contribution is 0.0937. The van der Waals surface area contributed by atoms with E-state index < -0.39 is 0 Å². The summed E-state index contributed by atoms with van der Waals surface area (Å²) in [5.74, 6) is -0.00284. The molecule has 2 aromatic rings. The van der Waals surface area contributed by atoms with Crippen LogP contribution in [0.25, 0.3) is 5.69 Å². The maximum Gasteiger partial charge on any atom is 0.275 e. The van der Waals surface area contributed by atoms with E-state index in [-0.39, 0.29) is 29.8 Å². The predicted molar refractivity (Wildman–Crippen MR) is 90.4 cm³/mol. The van der Waals surface area contributed by atoms with Crippen LogP contribution in [0.1, 0.15) is 23.3 Å². The zero-order valence-electron chi connectivity index (χ0n) is 12.7. The predicted octanol–water partition coefficient (Wildman–Crippen LogP) is 1.73. The Morgan fingerprint density at radius 1 is 1.39 bits per heavy atom. The SMILES string of the molecule is Cl.O=C(NCC1CCCNC1)c1nn(-c2ccccc2)cc1O. The second kappa shape index (κ2) is 7.99. The quantitative estimate of drug-likeness (QED) is 0.794. The molecule has 1 unspecified atom stereocenters. The Morgan fingerprint density at radius 2 is 2.17 bits per heavy atom. The number of nitrogens with zero attached hydrogens (tertiary/aromatic N) is 2. The van der Waals surface area contributed by atoms with Crippen molar-refractivity contribution in [1.82, 2.24) is 20.4 Å². The van der Waals surface area contributed by atoms with Gasteiger partial charge < -0.3 is 15.7 Å². The first kappa shape index (κ1) is 17.3. The summed E-state index contributed by atoms with van der Waals surface area (Å²) in [6.07, 6.45) is 3.69. The molecule has 3 rings (SSSR count). The fourth-order valence-corrected chi connectivity index (χ4v) is 2.66. The third-order valence-corrected chi connectivity index (χ3v) is 3.88. The van der Waals surface area contributed by atoms with Crippen LogP contribution < -0.4 is 10.6 Å². The number of rotatable bonds is 4. The molecular weight excluding hydrogens is 316 g/mol. The monoisotopic (exact) mass is 336 g/mol. The van der Waals surface area contributed by atoms with Crippen LogP contribution in [0, 0.1) is 5.92 Å². The molecule has 3 N–H and O–H groups in total. The van der Waals surface area contributed by atoms with Crippen molar-refractivity contribution < 1.29 is 9.90 Å². The number of aromatic nitrogens is 2. The summed E-state index contributed by atoms with van der Waals surface area (Å²) in [6, 6.07) is 9.39. The fraction of sp³-hybridized carbons (Fsp3) is 0.375. The van der Waals surface area contributed by atoms with Crippen LogP contribution in [0.4, 0.5) is 0 Å². The van der Waals surface area contributed by atoms with E-state index in [1.165, 1.54) is 10.9 Å². The molecule has 0 bridgehead atoms. The summed E-state index contributed by atoms with van der Waals surface area (Å²) < 4.78 is 1.51. The molecule has 2 heterocycles. The molecule has 6 nitrogen and oxygen atoms in total. The Kier molecular flexibility index (Phi) is 6.01. The van der Waals surface area contributed by atoms with Gasteiger partial charge in [0, 0.05) is 6.54 Å². The molecule has 124 valence electrons. The van der Waals surface area contributed by atoms with Crippen LogP contribution >= 0.6 is 12.4 Å². The van der Waals surface area contributed by atoms with E-state index in [1.807, 2.05) is 30.3 Å². The van der Waals surface area contributed by atoms with Gasteiger partial charge in [0.1, 0.15) is 0 Å². The summed E-state index contributed by atoms with van der Waals surface area (Å²) in [7, 11) is 0. The lowest BCUT2D eigenvalue weighted by Gasteiger charge is -2.22. The highest BCUT2D eigenvalue weighted by Crippen LogP contribution is 2.18. The number of piperidine rings is 1. The summed E-state index contributed by atoms with van der Waals surface area (Å²) in [6.45, 7) is 2.57. The highest BCUT2D eigenvalue weighted by molar-refractivity contribution is 5.94. The molecule has 1 atom stereocenters. The number of halogens is 1. The molecule has 1 aliphatic rings. The largest absolute Gasteiger partial charge is 0.504 e. The van der Waals surface area contributed by atoms with Crippen molar-refractivity contribution in [3.63, 3.8) is 0 Å². The van der Waals surface area contributed by atoms with E-state index >= 15 is 0 Å². The third-order valence-electron chi connectivity index (χ3n) is 3.88. The van der Waals surface area contributed by atoms with Gasteiger partial charge in [0.2, 0.25) is 0 Å². The average Bonchev–Trinajstić information content (AvgIpc) is 2.96. The number of carbonyl (C=O) groups is 1. The molecule has 1 aromatic carbocycles. The summed E-state index contributed by atoms with van der Waals surface area (Å²) in [4.78, 5) is 12.2. The van der Waals surface area contributed by atoms with Crippen LogP contribution in [-0.2, 0) is 0 Å². The van der Waals surface area contributed by atoms with Gasteiger partial charge in [-0.15, -0.1) is 12.4 Å². The van der Waals surface area contributed by atoms with E-state index in [9.17, 15) is 9.90 Å². The number of aromatic hydroxyl groups is 1. The maximum absolute atomic E-state index is 12.2. The standard InChI is InChI=1S/C16H20N4O2.ClH/c21-14-11-20(13-6-2-1-3-7-13)19-15(14)16(22)18-10-12-5-4-8-17-9-12;/h1-3,6-7,11-12,17,21H,4-5,8-10H2,(H,18,22);1H. The first-order chi connectivity index (χ1) is 10.7. The van der Waals surface area contributed by atoms with E-state index in [0.29, 0.717) is 12.5 Å². The molecule has 0 saturated carbocycles. The fourth-order valence-electron chi connectivity index (χ4n) is 2.66. The molecule has 0 aliphatic carbocycles. The zero-order valence-corrected chi connectivity index (χ0v) is 13.6. The second-order valence-corrected chi connectivity index (χ2v) is 5.57. The average molecular weight is 337 g/mol. The number of para-hydroxylation sites is 1. The second-order valence-electron chi connectivity index (χ2n) is 5.57. The maximum atomic E-state index is 12.2. The molecule has 0 spiro atoms. The van der Waals surface area contributed by atoms with E-state index in [0.717, 1.165) is 31.6 Å². The topological polar surface area (TPSA) is 79.2 Å². The molecule has 0 radical (unpaired) electrons. The Labute approximate surface area is 141 Å². The van der Waals surface area contributed by atoms with Crippen molar-refractivity contribution in [2.24, 2.45) is 5.92 Å². The first-order valence-corrected chi connectivity index (χ1v) is 7.57. The van der Waals surface area contributed by atoms with Crippen LogP contribution in [-0.4, -0.2) is 40.4 Å². The highest BCUT2D eigenvalue weighted by atomic mass is 35.5. The van der Waals surface area contributed by atoms with E-state index in [4.69, 9.17) is 0 Å². The lowest BCUT2D eigenvalue weighted by atomic mass is 10.00. The number of hydrogen-bond acceptors (Lipinski definition) is 4. The molecular formula is C16H21ClN4O2. The van der Waals surface area contributed by atoms with Gasteiger partial charge in [-0.3, -0.25) is 4.79 Å². The normalized spacial score (nSPS) is 17.3. The van der Waals surface area contributed by atoms with Crippen LogP contribution in [0.2, 0.25) is 0 Å². The summed E-state index contributed by atoms with van der Waals surface area (Å²) in [5, 5.41) is 20.3. The molecule has 1 aromatic heterocycles. The van der Waals surface area contributed by atoms with Crippen LogP contribution in [0.5, 0.6) is 5.75 Å². The van der Waals surface area contributed by atoms with Gasteiger partial charge in [-0.05, 0) is 44.0 Å². The minimum atomic E-state index is -0.335. The van der Waals surface area contributed by atoms with Gasteiger partial charge in [-0.2, -0.15) is 5.10 Å². The van der Waals surface area contributed by atoms with Crippen LogP contribution in [0.3, 0.4) is 0 Å². The van der Waals surface area contributed by atoms with Crippen molar-refractivity contribution in [1.29, 1.82) is 0 Å². The Hall–Kier alpha value is -2.05. The molecule has 23 heavy (non-hydrogen) atoms. The smallest absolute Gasteiger partial charge is 0.275 e. The molecule has 1 fully saturated rings. The number of carbonyl (C=O) groups excluding carboxylic acids is 1. The van der Waals surface area contributed by atoms with Gasteiger partial charge >= 0.3 is 0 Å². The van der Waals surface area contributed by atoms with Gasteiger partial charge in [-0.1, -0.05) is 18.2 Å². The molecule has 1 amide bonds. The molecule has 7 heteroatoms. The Balaban J connectivity index is 0.00000192. The lowest BCUT2D eigenvalue weighted by Crippen LogP contribution is -2.38. The van der Waals surface area contributed by atoms with Crippen molar-refractivity contribution >= 4 is 18.3 Å². The molecule has 1 aliphatic heterocycles. The summed E-state index contributed by atoms with van der Waals surface area (Å²) >= 11 is 0. The van der Waals surface area contributed by atoms with Gasteiger partial charge in [0.15, 0.2) is 11.4 Å². The number of nitrogens with one attached hydrogen (secondary N) is 2. The van der Waals surface area contributed by atoms with Crippen molar-refractivity contribution in [3.8, 4) is 11.4 Å². The van der Waals surface area contributed by atoms with Crippen molar-refractivity contribution in [2.45, 2.75) is 12.8 Å². The number of benzene rings is 1. The van der Waals surface area contributed by atoms with E-state index in [1.54, 1.807) is 0 Å². The van der Waals surface area contributed by atoms with Crippen molar-refractivity contribution in [2.75, 3.05) is 19.6 Å². The number of amides is 1. The first-order valence-electron chi connectivity index (χ1n) is 7.57. The zero-order chi connectivity index (χ0) is 15.4. The van der Waals surface area contributed by atoms with E-state index in [2.05, 4.69) is 15.7 Å². The number of hydrogen-bond donors (Lipinski definition) is 3. The van der Waals surface area contributed by atoms with Crippen LogP contribution in [0.15, 0.2) is 36.5 Å². The highest BCUT2D eigenvalue weighted by Gasteiger charge is 2.19. The van der Waals surface area contributed by atoms with Gasteiger partial charge in [0.25, 0.3) is 5.91 Å². The minimum Gasteiger partial charge on any atom is -0.504 e. The van der Waals surface area contributed by atoms with Gasteiger partial charge in [0.05, 0.1) is 11.9 Å². The summed E-state index contributed by atoms with van der Waals surface area (Å²) in [5.41, 5.74) is 0.862.